The van der Waals surface area contributed by atoms with Crippen LogP contribution in [-0.4, -0.2) is 15.9 Å². The molecule has 5 N–H and O–H groups in total. The van der Waals surface area contributed by atoms with Crippen molar-refractivity contribution < 1.29 is 4.79 Å². The predicted octanol–water partition coefficient (Wildman–Crippen LogP) is 0.825. The largest absolute Gasteiger partial charge is 0.392 e. The van der Waals surface area contributed by atoms with E-state index in [2.05, 4.69) is 26.2 Å². The number of H-pyrrole nitrogens is 2. The minimum Gasteiger partial charge on any atom is -0.392 e. The molecule has 0 bridgehead atoms. The van der Waals surface area contributed by atoms with Gasteiger partial charge in [-0.1, -0.05) is 22.0 Å². The molecule has 1 aromatic heterocycles. The number of nitrogen functional groups attached to an aromatic ring is 1. The second-order valence-electron chi connectivity index (χ2n) is 5.10. The second kappa shape index (κ2) is 5.45. The molecule has 0 aliphatic heterocycles. The Balaban J connectivity index is 1.90. The highest BCUT2D eigenvalue weighted by molar-refractivity contribution is 9.10. The molecule has 7 nitrogen and oxygen atoms in total. The number of nitrogens with one attached hydrogen (secondary N) is 3. The number of benzene rings is 1. The van der Waals surface area contributed by atoms with E-state index in [0.717, 1.165) is 22.9 Å². The summed E-state index contributed by atoms with van der Waals surface area (Å²) in [6.45, 7) is 0. The van der Waals surface area contributed by atoms with Gasteiger partial charge in [0.1, 0.15) is 11.4 Å². The summed E-state index contributed by atoms with van der Waals surface area (Å²) in [6, 6.07) is 5.74. The molecule has 8 heteroatoms. The summed E-state index contributed by atoms with van der Waals surface area (Å²) in [5.74, 6) is -0.571. The van der Waals surface area contributed by atoms with Crippen LogP contribution in [0.3, 0.4) is 0 Å². The molecule has 1 aromatic carbocycles. The van der Waals surface area contributed by atoms with Crippen LogP contribution in [0.25, 0.3) is 0 Å². The zero-order chi connectivity index (χ0) is 15.9. The van der Waals surface area contributed by atoms with Crippen molar-refractivity contribution in [3.05, 3.63) is 60.3 Å². The highest BCUT2D eigenvalue weighted by atomic mass is 79.9. The summed E-state index contributed by atoms with van der Waals surface area (Å²) in [5, 5.41) is 2.81. The molecule has 0 saturated carbocycles. The van der Waals surface area contributed by atoms with Crippen LogP contribution in [0.2, 0.25) is 0 Å². The van der Waals surface area contributed by atoms with E-state index >= 15 is 0 Å². The molecule has 1 heterocycles. The molecule has 0 spiro atoms. The van der Waals surface area contributed by atoms with Crippen LogP contribution in [0.4, 0.5) is 5.69 Å². The van der Waals surface area contributed by atoms with E-state index in [4.69, 9.17) is 5.73 Å². The fourth-order valence-electron chi connectivity index (χ4n) is 2.63. The van der Waals surface area contributed by atoms with Gasteiger partial charge in [-0.3, -0.25) is 14.6 Å². The van der Waals surface area contributed by atoms with Gasteiger partial charge in [-0.2, -0.15) is 0 Å². The van der Waals surface area contributed by atoms with Gasteiger partial charge < -0.3 is 16.0 Å². The fourth-order valence-corrected chi connectivity index (χ4v) is 3.01. The molecule has 0 saturated heterocycles. The van der Waals surface area contributed by atoms with Gasteiger partial charge in [0.15, 0.2) is 0 Å². The number of aromatic nitrogens is 2. The van der Waals surface area contributed by atoms with Crippen LogP contribution in [-0.2, 0) is 6.42 Å². The van der Waals surface area contributed by atoms with Gasteiger partial charge in [0.2, 0.25) is 0 Å². The molecule has 0 unspecified atom stereocenters. The van der Waals surface area contributed by atoms with Crippen molar-refractivity contribution >= 4 is 27.5 Å². The van der Waals surface area contributed by atoms with Gasteiger partial charge in [-0.15, -0.1) is 0 Å². The number of rotatable bonds is 2. The lowest BCUT2D eigenvalue weighted by molar-refractivity contribution is 0.0932. The predicted molar refractivity (Wildman–Crippen MR) is 84.8 cm³/mol. The Kier molecular flexibility index (Phi) is 3.61. The fraction of sp³-hybridized carbons (Fsp3) is 0.214. The second-order valence-corrected chi connectivity index (χ2v) is 6.02. The Hall–Kier alpha value is -2.35. The number of aromatic amines is 2. The summed E-state index contributed by atoms with van der Waals surface area (Å²) >= 11 is 3.41. The molecule has 1 aliphatic carbocycles. The highest BCUT2D eigenvalue weighted by Gasteiger charge is 2.25. The maximum Gasteiger partial charge on any atom is 0.326 e. The molecule has 0 fully saturated rings. The van der Waals surface area contributed by atoms with E-state index < -0.39 is 17.2 Å². The summed E-state index contributed by atoms with van der Waals surface area (Å²) in [6.07, 6.45) is 1.61. The first-order chi connectivity index (χ1) is 10.5. The summed E-state index contributed by atoms with van der Waals surface area (Å²) < 4.78 is 0.927. The summed E-state index contributed by atoms with van der Waals surface area (Å²) in [4.78, 5) is 39.3. The number of nitrogens with two attached hydrogens (primary N) is 1. The van der Waals surface area contributed by atoms with Gasteiger partial charge in [0, 0.05) is 4.47 Å². The smallest absolute Gasteiger partial charge is 0.326 e. The lowest BCUT2D eigenvalue weighted by atomic mass is 10.1. The Morgan fingerprint density at radius 3 is 2.86 bits per heavy atom. The topological polar surface area (TPSA) is 121 Å². The number of halogens is 1. The molecule has 3 rings (SSSR count). The van der Waals surface area contributed by atoms with Crippen molar-refractivity contribution in [3.63, 3.8) is 0 Å². The van der Waals surface area contributed by atoms with Crippen molar-refractivity contribution in [1.29, 1.82) is 0 Å². The van der Waals surface area contributed by atoms with Crippen molar-refractivity contribution in [3.8, 4) is 0 Å². The number of fused-ring (bicyclic) bond motifs is 1. The maximum absolute atomic E-state index is 12.3. The number of carbonyl (C=O) groups is 1. The average Bonchev–Trinajstić information content (AvgIpc) is 2.85. The van der Waals surface area contributed by atoms with Crippen LogP contribution in [0.1, 0.15) is 34.1 Å². The van der Waals surface area contributed by atoms with Crippen LogP contribution in [0.5, 0.6) is 0 Å². The zero-order valence-corrected chi connectivity index (χ0v) is 13.0. The number of aryl methyl sites for hydroxylation is 1. The van der Waals surface area contributed by atoms with Crippen molar-refractivity contribution in [2.75, 3.05) is 5.73 Å². The minimum atomic E-state index is -0.775. The lowest BCUT2D eigenvalue weighted by Crippen LogP contribution is -2.34. The van der Waals surface area contributed by atoms with Gasteiger partial charge >= 0.3 is 5.69 Å². The van der Waals surface area contributed by atoms with Crippen LogP contribution in [0.15, 0.2) is 32.3 Å². The van der Waals surface area contributed by atoms with Crippen molar-refractivity contribution in [1.82, 2.24) is 15.3 Å². The van der Waals surface area contributed by atoms with E-state index in [1.54, 1.807) is 0 Å². The van der Waals surface area contributed by atoms with E-state index in [0.29, 0.717) is 0 Å². The monoisotopic (exact) mass is 364 g/mol. The number of hydrogen-bond acceptors (Lipinski definition) is 4. The first kappa shape index (κ1) is 14.6. The third-order valence-corrected chi connectivity index (χ3v) is 4.19. The molecular formula is C14H13BrN4O3. The first-order valence-corrected chi connectivity index (χ1v) is 7.46. The standard InChI is InChI=1S/C14H13BrN4O3/c15-7-3-1-6-2-4-9(8(6)5-7)17-13(21)11-10(16)12(20)19-14(22)18-11/h1,3,5,9H,2,4,16H2,(H,17,21)(H2,18,19,20,22)/t9-/m0/s1. The molecule has 2 aromatic rings. The number of amides is 1. The van der Waals surface area contributed by atoms with Crippen LogP contribution < -0.4 is 22.3 Å². The quantitative estimate of drug-likeness (QED) is 0.630. The molecular weight excluding hydrogens is 352 g/mol. The molecule has 1 aliphatic rings. The van der Waals surface area contributed by atoms with Crippen LogP contribution >= 0.6 is 15.9 Å². The summed E-state index contributed by atoms with van der Waals surface area (Å²) in [7, 11) is 0. The molecule has 1 atom stereocenters. The van der Waals surface area contributed by atoms with Gasteiger partial charge in [-0.05, 0) is 36.1 Å². The lowest BCUT2D eigenvalue weighted by Gasteiger charge is -2.14. The van der Waals surface area contributed by atoms with E-state index in [-0.39, 0.29) is 17.4 Å². The third kappa shape index (κ3) is 2.57. The Labute approximate surface area is 133 Å². The van der Waals surface area contributed by atoms with Crippen LogP contribution in [0, 0.1) is 0 Å². The number of anilines is 1. The summed E-state index contributed by atoms with van der Waals surface area (Å²) in [5.41, 5.74) is 5.70. The maximum atomic E-state index is 12.3. The van der Waals surface area contributed by atoms with E-state index in [9.17, 15) is 14.4 Å². The first-order valence-electron chi connectivity index (χ1n) is 6.67. The Morgan fingerprint density at radius 2 is 2.09 bits per heavy atom. The zero-order valence-electron chi connectivity index (χ0n) is 11.4. The third-order valence-electron chi connectivity index (χ3n) is 3.70. The van der Waals surface area contributed by atoms with Gasteiger partial charge in [0.05, 0.1) is 6.04 Å². The van der Waals surface area contributed by atoms with E-state index in [1.165, 1.54) is 5.56 Å². The number of hydrogen-bond donors (Lipinski definition) is 4. The molecule has 22 heavy (non-hydrogen) atoms. The van der Waals surface area contributed by atoms with E-state index in [1.807, 2.05) is 23.2 Å². The SMILES string of the molecule is Nc1c(C(=O)N[C@H]2CCc3ccc(Br)cc32)[nH]c(=O)[nH]c1=O. The van der Waals surface area contributed by atoms with Crippen molar-refractivity contribution in [2.45, 2.75) is 18.9 Å². The molecule has 114 valence electrons. The normalized spacial score (nSPS) is 16.3. The Bertz CT molecular complexity index is 871. The minimum absolute atomic E-state index is 0.179. The molecule has 0 radical (unpaired) electrons. The van der Waals surface area contributed by atoms with Gasteiger partial charge in [0.25, 0.3) is 11.5 Å². The highest BCUT2D eigenvalue weighted by Crippen LogP contribution is 2.33. The van der Waals surface area contributed by atoms with Crippen molar-refractivity contribution in [2.24, 2.45) is 0 Å². The Morgan fingerprint density at radius 1 is 1.32 bits per heavy atom. The number of carbonyl (C=O) groups excluding carboxylic acids is 1. The molecule has 1 amide bonds. The average molecular weight is 365 g/mol. The van der Waals surface area contributed by atoms with Gasteiger partial charge in [-0.25, -0.2) is 4.79 Å².